The second-order valence-electron chi connectivity index (χ2n) is 9.26. The van der Waals surface area contributed by atoms with Crippen LogP contribution in [-0.4, -0.2) is 62.7 Å². The number of hydrogen-bond donors (Lipinski definition) is 2. The number of nitrogens with one attached hydrogen (secondary N) is 1. The van der Waals surface area contributed by atoms with Crippen LogP contribution in [0.15, 0.2) is 42.9 Å². The minimum atomic E-state index is -0.214. The van der Waals surface area contributed by atoms with Crippen LogP contribution >= 0.6 is 11.6 Å². The molecule has 1 saturated heterocycles. The lowest BCUT2D eigenvalue weighted by Crippen LogP contribution is -2.29. The first-order valence-electron chi connectivity index (χ1n) is 12.0. The van der Waals surface area contributed by atoms with E-state index in [2.05, 4.69) is 32.1 Å². The molecular formula is C26H32ClN5O2. The first-order chi connectivity index (χ1) is 16.5. The monoisotopic (exact) mass is 481 g/mol. The number of carbonyl (C=O) groups is 1. The molecule has 3 aromatic rings. The minimum absolute atomic E-state index is 0.133. The van der Waals surface area contributed by atoms with E-state index in [-0.39, 0.29) is 12.0 Å². The number of aldehydes is 1. The maximum Gasteiger partial charge on any atom is 0.123 e. The van der Waals surface area contributed by atoms with Crippen molar-refractivity contribution in [3.63, 3.8) is 0 Å². The van der Waals surface area contributed by atoms with Crippen molar-refractivity contribution in [3.8, 4) is 22.5 Å². The fourth-order valence-corrected chi connectivity index (χ4v) is 4.91. The molecule has 2 atom stereocenters. The van der Waals surface area contributed by atoms with Crippen LogP contribution in [0.1, 0.15) is 50.1 Å². The number of nitrogens with zero attached hydrogens (tertiary/aromatic N) is 4. The fourth-order valence-electron chi connectivity index (χ4n) is 4.79. The molecule has 3 heterocycles. The number of aromatic nitrogens is 4. The predicted molar refractivity (Wildman–Crippen MR) is 134 cm³/mol. The summed E-state index contributed by atoms with van der Waals surface area (Å²) in [7, 11) is 2.17. The number of piperidine rings is 1. The highest BCUT2D eigenvalue weighted by Crippen LogP contribution is 2.39. The van der Waals surface area contributed by atoms with Gasteiger partial charge in [0.05, 0.1) is 11.8 Å². The molecule has 2 unspecified atom stereocenters. The Morgan fingerprint density at radius 3 is 2.50 bits per heavy atom. The van der Waals surface area contributed by atoms with Gasteiger partial charge in [0.1, 0.15) is 18.3 Å². The van der Waals surface area contributed by atoms with Crippen molar-refractivity contribution in [3.05, 3.63) is 53.6 Å². The topological polar surface area (TPSA) is 95.0 Å². The molecule has 0 amide bonds. The van der Waals surface area contributed by atoms with Crippen LogP contribution in [-0.2, 0) is 4.79 Å². The van der Waals surface area contributed by atoms with Gasteiger partial charge in [0.2, 0.25) is 0 Å². The summed E-state index contributed by atoms with van der Waals surface area (Å²) in [5.74, 6) is 0.600. The molecular weight excluding hydrogens is 450 g/mol. The molecule has 2 aliphatic rings. The zero-order valence-corrected chi connectivity index (χ0v) is 20.3. The van der Waals surface area contributed by atoms with E-state index in [1.807, 2.05) is 30.3 Å². The average molecular weight is 482 g/mol. The molecule has 8 heteroatoms. The fraction of sp³-hybridized carbons (Fsp3) is 0.462. The van der Waals surface area contributed by atoms with Crippen LogP contribution in [0.2, 0.25) is 5.02 Å². The molecule has 34 heavy (non-hydrogen) atoms. The van der Waals surface area contributed by atoms with Gasteiger partial charge >= 0.3 is 0 Å². The summed E-state index contributed by atoms with van der Waals surface area (Å²) in [5, 5.41) is 17.7. The average Bonchev–Trinajstić information content (AvgIpc) is 3.31. The molecule has 5 rings (SSSR count). The molecule has 0 radical (unpaired) electrons. The molecule has 2 N–H and O–H groups in total. The van der Waals surface area contributed by atoms with E-state index in [9.17, 15) is 4.79 Å². The third kappa shape index (κ3) is 6.09. The van der Waals surface area contributed by atoms with Crippen molar-refractivity contribution in [1.82, 2.24) is 25.1 Å². The maximum atomic E-state index is 10.2. The van der Waals surface area contributed by atoms with Crippen LogP contribution in [0.3, 0.4) is 0 Å². The van der Waals surface area contributed by atoms with Crippen molar-refractivity contribution in [1.29, 1.82) is 0 Å². The highest BCUT2D eigenvalue weighted by Gasteiger charge is 2.26. The summed E-state index contributed by atoms with van der Waals surface area (Å²) in [6.07, 6.45) is 9.90. The molecule has 2 fully saturated rings. The van der Waals surface area contributed by atoms with Crippen LogP contribution in [0.5, 0.6) is 0 Å². The first-order valence-corrected chi connectivity index (χ1v) is 12.4. The summed E-state index contributed by atoms with van der Waals surface area (Å²) in [5.41, 5.74) is 5.12. The Hall–Kier alpha value is -2.61. The molecule has 0 bridgehead atoms. The van der Waals surface area contributed by atoms with Crippen molar-refractivity contribution >= 4 is 17.9 Å². The van der Waals surface area contributed by atoms with E-state index in [0.29, 0.717) is 12.3 Å². The number of likely N-dealkylation sites (tertiary alicyclic amines) is 1. The van der Waals surface area contributed by atoms with Crippen LogP contribution in [0, 0.1) is 5.92 Å². The van der Waals surface area contributed by atoms with Crippen molar-refractivity contribution in [2.24, 2.45) is 5.92 Å². The lowest BCUT2D eigenvalue weighted by atomic mass is 9.88. The lowest BCUT2D eigenvalue weighted by Gasteiger charge is -2.28. The van der Waals surface area contributed by atoms with E-state index < -0.39 is 0 Å². The van der Waals surface area contributed by atoms with Gasteiger partial charge in [0.25, 0.3) is 0 Å². The summed E-state index contributed by atoms with van der Waals surface area (Å²) in [6, 6.07) is 9.74. The van der Waals surface area contributed by atoms with Gasteiger partial charge in [-0.3, -0.25) is 5.10 Å². The minimum Gasteiger partial charge on any atom is -0.393 e. The molecule has 1 aliphatic carbocycles. The zero-order valence-electron chi connectivity index (χ0n) is 19.5. The molecule has 1 aliphatic heterocycles. The Kier molecular flexibility index (Phi) is 8.43. The number of H-pyrrole nitrogens is 1. The van der Waals surface area contributed by atoms with E-state index in [1.165, 1.54) is 5.69 Å². The van der Waals surface area contributed by atoms with E-state index in [4.69, 9.17) is 16.7 Å². The second kappa shape index (κ2) is 11.7. The summed E-state index contributed by atoms with van der Waals surface area (Å²) in [4.78, 5) is 21.1. The van der Waals surface area contributed by atoms with Gasteiger partial charge in [-0.25, -0.2) is 9.97 Å². The van der Waals surface area contributed by atoms with Crippen LogP contribution < -0.4 is 0 Å². The molecule has 1 saturated carbocycles. The Morgan fingerprint density at radius 2 is 1.88 bits per heavy atom. The van der Waals surface area contributed by atoms with Gasteiger partial charge < -0.3 is 14.8 Å². The van der Waals surface area contributed by atoms with Gasteiger partial charge in [-0.05, 0) is 70.4 Å². The highest BCUT2D eigenvalue weighted by atomic mass is 35.5. The van der Waals surface area contributed by atoms with Gasteiger partial charge in [0, 0.05) is 39.9 Å². The number of aliphatic hydroxyl groups is 1. The first kappa shape index (κ1) is 24.5. The Morgan fingerprint density at radius 1 is 1.12 bits per heavy atom. The van der Waals surface area contributed by atoms with Gasteiger partial charge in [0.15, 0.2) is 0 Å². The molecule has 0 spiro atoms. The maximum absolute atomic E-state index is 10.2. The largest absolute Gasteiger partial charge is 0.393 e. The third-order valence-corrected chi connectivity index (χ3v) is 7.01. The Labute approximate surface area is 205 Å². The smallest absolute Gasteiger partial charge is 0.123 e. The normalized spacial score (nSPS) is 21.5. The van der Waals surface area contributed by atoms with E-state index in [1.54, 1.807) is 12.5 Å². The van der Waals surface area contributed by atoms with Crippen molar-refractivity contribution in [2.75, 3.05) is 20.1 Å². The third-order valence-electron chi connectivity index (χ3n) is 6.76. The number of hydrogen-bond acceptors (Lipinski definition) is 6. The zero-order chi connectivity index (χ0) is 23.9. The summed E-state index contributed by atoms with van der Waals surface area (Å²) < 4.78 is 0. The summed E-state index contributed by atoms with van der Waals surface area (Å²) in [6.45, 7) is 2.20. The number of aliphatic hydroxyl groups excluding tert-OH is 1. The number of halogens is 1. The molecule has 7 nitrogen and oxygen atoms in total. The quantitative estimate of drug-likeness (QED) is 0.523. The summed E-state index contributed by atoms with van der Waals surface area (Å²) >= 11 is 6.04. The number of aromatic amines is 1. The number of rotatable bonds is 4. The van der Waals surface area contributed by atoms with Gasteiger partial charge in [-0.1, -0.05) is 30.2 Å². The SMILES string of the molecule is CN1CCC(c2[nH]nc(-c3ccc(Cl)cc3)c2-c2ccncn2)CC1.O=CC1CCCC(O)C1. The number of benzene rings is 1. The van der Waals surface area contributed by atoms with Crippen molar-refractivity contribution in [2.45, 2.75) is 50.5 Å². The van der Waals surface area contributed by atoms with Gasteiger partial charge in [-0.2, -0.15) is 5.10 Å². The van der Waals surface area contributed by atoms with Crippen molar-refractivity contribution < 1.29 is 9.90 Å². The predicted octanol–water partition coefficient (Wildman–Crippen LogP) is 4.73. The lowest BCUT2D eigenvalue weighted by molar-refractivity contribution is -0.113. The van der Waals surface area contributed by atoms with Crippen LogP contribution in [0.25, 0.3) is 22.5 Å². The molecule has 180 valence electrons. The Bertz CT molecular complexity index is 1050. The second-order valence-corrected chi connectivity index (χ2v) is 9.69. The van der Waals surface area contributed by atoms with Crippen LogP contribution in [0.4, 0.5) is 0 Å². The molecule has 2 aromatic heterocycles. The van der Waals surface area contributed by atoms with E-state index >= 15 is 0 Å². The highest BCUT2D eigenvalue weighted by molar-refractivity contribution is 6.30. The van der Waals surface area contributed by atoms with E-state index in [0.717, 1.165) is 79.0 Å². The molecule has 1 aromatic carbocycles. The number of carbonyl (C=O) groups excluding carboxylic acids is 1. The Balaban J connectivity index is 0.000000257. The standard InChI is InChI=1S/C19H20ClN5.C7H12O2/c1-25-10-7-14(8-11-25)19-17(16-6-9-21-12-22-16)18(23-24-19)13-2-4-15(20)5-3-13;8-5-6-2-1-3-7(9)4-6/h2-6,9,12,14H,7-8,10-11H2,1H3,(H,23,24);5-7,9H,1-4H2. The van der Waals surface area contributed by atoms with Gasteiger partial charge in [-0.15, -0.1) is 0 Å².